The van der Waals surface area contributed by atoms with Gasteiger partial charge in [-0.2, -0.15) is 10.5 Å². The van der Waals surface area contributed by atoms with Crippen molar-refractivity contribution in [1.82, 2.24) is 0 Å². The van der Waals surface area contributed by atoms with Crippen LogP contribution in [0.25, 0.3) is 6.08 Å². The van der Waals surface area contributed by atoms with E-state index in [1.807, 2.05) is 12.1 Å². The second-order valence-corrected chi connectivity index (χ2v) is 9.04. The Morgan fingerprint density at radius 1 is 1.29 bits per heavy atom. The zero-order valence-corrected chi connectivity index (χ0v) is 18.9. The molecule has 0 fully saturated rings. The van der Waals surface area contributed by atoms with Gasteiger partial charge in [0, 0.05) is 14.9 Å². The molecule has 0 unspecified atom stereocenters. The van der Waals surface area contributed by atoms with Crippen LogP contribution >= 0.6 is 43.2 Å². The number of hydrogen-bond donors (Lipinski definition) is 1. The Hall–Kier alpha value is -2.13. The molecule has 0 atom stereocenters. The summed E-state index contributed by atoms with van der Waals surface area (Å²) in [5.41, 5.74) is 2.07. The number of aryl methyl sites for hydroxylation is 1. The van der Waals surface area contributed by atoms with Crippen molar-refractivity contribution < 1.29 is 9.53 Å². The highest BCUT2D eigenvalue weighted by molar-refractivity contribution is 9.11. The van der Waals surface area contributed by atoms with Gasteiger partial charge >= 0.3 is 0 Å². The molecule has 1 aromatic carbocycles. The Kier molecular flexibility index (Phi) is 6.56. The van der Waals surface area contributed by atoms with Gasteiger partial charge in [-0.15, -0.1) is 11.3 Å². The Morgan fingerprint density at radius 2 is 2.04 bits per heavy atom. The number of carbonyl (C=O) groups excluding carboxylic acids is 1. The number of nitrogens with zero attached hydrogens (tertiary/aromatic N) is 2. The van der Waals surface area contributed by atoms with Crippen LogP contribution in [0.5, 0.6) is 5.75 Å². The molecule has 0 saturated heterocycles. The van der Waals surface area contributed by atoms with Gasteiger partial charge in [-0.1, -0.05) is 15.9 Å². The van der Waals surface area contributed by atoms with E-state index < -0.39 is 5.91 Å². The molecule has 2 aromatic rings. The van der Waals surface area contributed by atoms with Crippen LogP contribution in [0.4, 0.5) is 5.00 Å². The van der Waals surface area contributed by atoms with Gasteiger partial charge in [-0.25, -0.2) is 0 Å². The summed E-state index contributed by atoms with van der Waals surface area (Å²) < 4.78 is 6.85. The van der Waals surface area contributed by atoms with E-state index in [0.717, 1.165) is 40.6 Å². The molecule has 1 aliphatic carbocycles. The van der Waals surface area contributed by atoms with Crippen molar-refractivity contribution in [3.63, 3.8) is 0 Å². The summed E-state index contributed by atoms with van der Waals surface area (Å²) in [6.07, 6.45) is 5.40. The van der Waals surface area contributed by atoms with Crippen molar-refractivity contribution in [3.05, 3.63) is 48.2 Å². The standard InChI is InChI=1S/C20H15Br2N3O2S/c1-27-18-11(7-13(21)8-16(18)22)6-12(9-23)19(26)25-20-15(10-24)14-4-2-3-5-17(14)28-20/h6-8H,2-5H2,1H3,(H,25,26)/b12-6+. The second kappa shape index (κ2) is 8.91. The fraction of sp³-hybridized carbons (Fsp3) is 0.250. The minimum Gasteiger partial charge on any atom is -0.495 e. The lowest BCUT2D eigenvalue weighted by Crippen LogP contribution is -2.13. The highest BCUT2D eigenvalue weighted by Crippen LogP contribution is 2.38. The van der Waals surface area contributed by atoms with Gasteiger partial charge in [0.1, 0.15) is 28.5 Å². The second-order valence-electron chi connectivity index (χ2n) is 6.16. The van der Waals surface area contributed by atoms with Gasteiger partial charge in [0.05, 0.1) is 17.1 Å². The van der Waals surface area contributed by atoms with Crippen molar-refractivity contribution in [3.8, 4) is 17.9 Å². The van der Waals surface area contributed by atoms with Crippen LogP contribution in [0.2, 0.25) is 0 Å². The van der Waals surface area contributed by atoms with E-state index in [4.69, 9.17) is 4.74 Å². The number of rotatable bonds is 4. The number of hydrogen-bond acceptors (Lipinski definition) is 5. The molecule has 1 N–H and O–H groups in total. The fourth-order valence-electron chi connectivity index (χ4n) is 3.15. The number of anilines is 1. The number of amides is 1. The van der Waals surface area contributed by atoms with E-state index in [9.17, 15) is 15.3 Å². The molecular weight excluding hydrogens is 506 g/mol. The summed E-state index contributed by atoms with van der Waals surface area (Å²) in [7, 11) is 1.52. The van der Waals surface area contributed by atoms with E-state index in [2.05, 4.69) is 43.2 Å². The fourth-order valence-corrected chi connectivity index (χ4v) is 5.80. The van der Waals surface area contributed by atoms with E-state index in [0.29, 0.717) is 26.4 Å². The monoisotopic (exact) mass is 519 g/mol. The van der Waals surface area contributed by atoms with Gasteiger partial charge in [0.2, 0.25) is 0 Å². The number of fused-ring (bicyclic) bond motifs is 1. The van der Waals surface area contributed by atoms with E-state index in [1.165, 1.54) is 24.5 Å². The van der Waals surface area contributed by atoms with Crippen molar-refractivity contribution in [2.75, 3.05) is 12.4 Å². The predicted molar refractivity (Wildman–Crippen MR) is 116 cm³/mol. The zero-order chi connectivity index (χ0) is 20.3. The van der Waals surface area contributed by atoms with E-state index in [1.54, 1.807) is 6.07 Å². The highest BCUT2D eigenvalue weighted by atomic mass is 79.9. The first-order valence-corrected chi connectivity index (χ1v) is 10.9. The van der Waals surface area contributed by atoms with Gasteiger partial charge in [-0.3, -0.25) is 4.79 Å². The van der Waals surface area contributed by atoms with Crippen LogP contribution < -0.4 is 10.1 Å². The molecule has 5 nitrogen and oxygen atoms in total. The van der Waals surface area contributed by atoms with Gasteiger partial charge < -0.3 is 10.1 Å². The molecule has 1 aliphatic rings. The first-order chi connectivity index (χ1) is 13.5. The van der Waals surface area contributed by atoms with Crippen LogP contribution in [-0.4, -0.2) is 13.0 Å². The Bertz CT molecular complexity index is 1060. The number of nitriles is 2. The molecule has 0 radical (unpaired) electrons. The van der Waals surface area contributed by atoms with E-state index in [-0.39, 0.29) is 5.57 Å². The summed E-state index contributed by atoms with van der Waals surface area (Å²) in [6.45, 7) is 0. The largest absolute Gasteiger partial charge is 0.495 e. The van der Waals surface area contributed by atoms with Crippen molar-refractivity contribution >= 4 is 60.2 Å². The molecule has 8 heteroatoms. The van der Waals surface area contributed by atoms with Crippen molar-refractivity contribution in [2.45, 2.75) is 25.7 Å². The number of methoxy groups -OCH3 is 1. The first kappa shape index (κ1) is 20.6. The minimum absolute atomic E-state index is 0.0708. The number of benzene rings is 1. The first-order valence-electron chi connectivity index (χ1n) is 8.49. The third kappa shape index (κ3) is 4.15. The molecule has 28 heavy (non-hydrogen) atoms. The topological polar surface area (TPSA) is 85.9 Å². The van der Waals surface area contributed by atoms with Crippen LogP contribution in [0.1, 0.15) is 34.4 Å². The summed E-state index contributed by atoms with van der Waals surface area (Å²) in [5, 5.41) is 22.3. The van der Waals surface area contributed by atoms with Crippen LogP contribution in [0, 0.1) is 22.7 Å². The summed E-state index contributed by atoms with van der Waals surface area (Å²) in [5.74, 6) is -0.0243. The van der Waals surface area contributed by atoms with Crippen molar-refractivity contribution in [2.24, 2.45) is 0 Å². The lowest BCUT2D eigenvalue weighted by Gasteiger charge is -2.09. The van der Waals surface area contributed by atoms with Gasteiger partial charge in [0.25, 0.3) is 5.91 Å². The maximum atomic E-state index is 12.7. The van der Waals surface area contributed by atoms with Crippen LogP contribution in [0.3, 0.4) is 0 Å². The zero-order valence-electron chi connectivity index (χ0n) is 14.9. The smallest absolute Gasteiger partial charge is 0.266 e. The molecule has 0 aliphatic heterocycles. The highest BCUT2D eigenvalue weighted by Gasteiger charge is 2.23. The summed E-state index contributed by atoms with van der Waals surface area (Å²) in [4.78, 5) is 13.9. The van der Waals surface area contributed by atoms with Crippen LogP contribution in [-0.2, 0) is 17.6 Å². The van der Waals surface area contributed by atoms with E-state index >= 15 is 0 Å². The molecular formula is C20H15Br2N3O2S. The number of carbonyl (C=O) groups is 1. The average Bonchev–Trinajstić information content (AvgIpc) is 3.02. The Morgan fingerprint density at radius 3 is 2.71 bits per heavy atom. The molecule has 3 rings (SSSR count). The summed E-state index contributed by atoms with van der Waals surface area (Å²) in [6, 6.07) is 7.73. The number of ether oxygens (including phenoxy) is 1. The number of nitrogens with one attached hydrogen (secondary N) is 1. The lowest BCUT2D eigenvalue weighted by molar-refractivity contribution is -0.112. The third-order valence-electron chi connectivity index (χ3n) is 4.42. The molecule has 1 heterocycles. The maximum Gasteiger partial charge on any atom is 0.266 e. The minimum atomic E-state index is -0.546. The third-order valence-corrected chi connectivity index (χ3v) is 6.67. The normalized spacial score (nSPS) is 13.2. The lowest BCUT2D eigenvalue weighted by atomic mass is 9.96. The number of thiophene rings is 1. The van der Waals surface area contributed by atoms with Gasteiger partial charge in [0.15, 0.2) is 0 Å². The average molecular weight is 521 g/mol. The molecule has 142 valence electrons. The molecule has 1 amide bonds. The number of halogens is 2. The SMILES string of the molecule is COc1c(Br)cc(Br)cc1/C=C(\C#N)C(=O)Nc1sc2c(c1C#N)CCCC2. The van der Waals surface area contributed by atoms with Crippen LogP contribution in [0.15, 0.2) is 26.7 Å². The Balaban J connectivity index is 1.94. The van der Waals surface area contributed by atoms with Gasteiger partial charge in [-0.05, 0) is 65.4 Å². The molecule has 0 spiro atoms. The van der Waals surface area contributed by atoms with Crippen molar-refractivity contribution in [1.29, 1.82) is 10.5 Å². The maximum absolute atomic E-state index is 12.7. The quantitative estimate of drug-likeness (QED) is 0.421. The molecule has 1 aromatic heterocycles. The Labute approximate surface area is 183 Å². The predicted octanol–water partition coefficient (Wildman–Crippen LogP) is 5.58. The molecule has 0 saturated carbocycles. The summed E-state index contributed by atoms with van der Waals surface area (Å²) >= 11 is 8.24. The molecule has 0 bridgehead atoms.